The van der Waals surface area contributed by atoms with Gasteiger partial charge in [0.05, 0.1) is 0 Å². The monoisotopic (exact) mass is 272 g/mol. The highest BCUT2D eigenvalue weighted by atomic mass is 14.2. The number of allylic oxidation sites excluding steroid dienone is 5. The fourth-order valence-corrected chi connectivity index (χ4v) is 3.93. The maximum absolute atomic E-state index is 2.34. The van der Waals surface area contributed by atoms with Crippen molar-refractivity contribution in [3.63, 3.8) is 0 Å². The number of benzene rings is 2. The first kappa shape index (κ1) is 12.6. The fourth-order valence-electron chi connectivity index (χ4n) is 3.93. The Kier molecular flexibility index (Phi) is 2.53. The molecule has 0 N–H and O–H groups in total. The van der Waals surface area contributed by atoms with E-state index >= 15 is 0 Å². The summed E-state index contributed by atoms with van der Waals surface area (Å²) in [6, 6.07) is 6.95. The second-order valence-corrected chi connectivity index (χ2v) is 6.48. The van der Waals surface area contributed by atoms with E-state index < -0.39 is 0 Å². The summed E-state index contributed by atoms with van der Waals surface area (Å²) < 4.78 is 0. The highest BCUT2D eigenvalue weighted by Crippen LogP contribution is 2.40. The Morgan fingerprint density at radius 2 is 1.71 bits per heavy atom. The Labute approximate surface area is 126 Å². The second-order valence-electron chi connectivity index (χ2n) is 6.48. The van der Waals surface area contributed by atoms with Crippen LogP contribution in [-0.2, 0) is 6.42 Å². The van der Waals surface area contributed by atoms with E-state index in [1.807, 2.05) is 0 Å². The molecule has 104 valence electrons. The topological polar surface area (TPSA) is 0 Å². The Bertz CT molecular complexity index is 886. The fraction of sp³-hybridized carbons (Fsp3) is 0.238. The molecule has 0 nitrogen and oxygen atoms in total. The van der Waals surface area contributed by atoms with Crippen molar-refractivity contribution in [2.75, 3.05) is 0 Å². The third kappa shape index (κ3) is 1.68. The molecule has 0 atom stereocenters. The van der Waals surface area contributed by atoms with E-state index in [1.54, 1.807) is 0 Å². The van der Waals surface area contributed by atoms with Gasteiger partial charge in [-0.3, -0.25) is 0 Å². The molecule has 0 unspecified atom stereocenters. The Morgan fingerprint density at radius 3 is 2.52 bits per heavy atom. The zero-order chi connectivity index (χ0) is 14.7. The normalized spacial score (nSPS) is 16.3. The van der Waals surface area contributed by atoms with E-state index in [-0.39, 0.29) is 0 Å². The van der Waals surface area contributed by atoms with E-state index in [4.69, 9.17) is 0 Å². The summed E-state index contributed by atoms with van der Waals surface area (Å²) in [6.45, 7) is 8.94. The summed E-state index contributed by atoms with van der Waals surface area (Å²) >= 11 is 0. The van der Waals surface area contributed by atoms with E-state index in [2.05, 4.69) is 64.1 Å². The van der Waals surface area contributed by atoms with Crippen LogP contribution in [0.1, 0.15) is 41.7 Å². The molecule has 0 amide bonds. The summed E-state index contributed by atoms with van der Waals surface area (Å²) in [4.78, 5) is 0. The van der Waals surface area contributed by atoms with E-state index in [9.17, 15) is 0 Å². The molecule has 0 radical (unpaired) electrons. The van der Waals surface area contributed by atoms with Gasteiger partial charge in [0.1, 0.15) is 0 Å². The van der Waals surface area contributed by atoms with Gasteiger partial charge in [-0.25, -0.2) is 0 Å². The molecule has 0 heterocycles. The van der Waals surface area contributed by atoms with Gasteiger partial charge >= 0.3 is 0 Å². The van der Waals surface area contributed by atoms with Crippen molar-refractivity contribution >= 4 is 22.4 Å². The van der Waals surface area contributed by atoms with Crippen LogP contribution in [0.2, 0.25) is 0 Å². The maximum Gasteiger partial charge on any atom is -0.00107 e. The van der Waals surface area contributed by atoms with Crippen molar-refractivity contribution in [2.24, 2.45) is 0 Å². The Hall–Kier alpha value is -2.08. The summed E-state index contributed by atoms with van der Waals surface area (Å²) in [5.74, 6) is 0. The molecule has 0 saturated carbocycles. The van der Waals surface area contributed by atoms with Gasteiger partial charge in [0.2, 0.25) is 0 Å². The number of rotatable bonds is 0. The van der Waals surface area contributed by atoms with Crippen molar-refractivity contribution in [1.29, 1.82) is 0 Å². The molecule has 0 fully saturated rings. The molecular weight excluding hydrogens is 252 g/mol. The smallest absolute Gasteiger partial charge is 0.00107 e. The predicted octanol–water partition coefficient (Wildman–Crippen LogP) is 5.76. The quantitative estimate of drug-likeness (QED) is 0.572. The van der Waals surface area contributed by atoms with Crippen molar-refractivity contribution in [1.82, 2.24) is 0 Å². The molecular formula is C21H20. The molecule has 0 aliphatic heterocycles. The van der Waals surface area contributed by atoms with Gasteiger partial charge in [-0.15, -0.1) is 0 Å². The first-order valence-corrected chi connectivity index (χ1v) is 7.68. The lowest BCUT2D eigenvalue weighted by Gasteiger charge is -2.16. The van der Waals surface area contributed by atoms with Crippen molar-refractivity contribution in [3.8, 4) is 0 Å². The predicted molar refractivity (Wildman–Crippen MR) is 92.5 cm³/mol. The molecule has 2 aliphatic carbocycles. The molecule has 2 aromatic rings. The lowest BCUT2D eigenvalue weighted by Crippen LogP contribution is -1.97. The molecule has 4 rings (SSSR count). The first-order chi connectivity index (χ1) is 10.1. The van der Waals surface area contributed by atoms with E-state index in [1.165, 1.54) is 55.3 Å². The summed E-state index contributed by atoms with van der Waals surface area (Å²) in [5, 5.41) is 2.88. The minimum Gasteiger partial charge on any atom is -0.0578 e. The first-order valence-electron chi connectivity index (χ1n) is 7.68. The Balaban J connectivity index is 2.28. The van der Waals surface area contributed by atoms with E-state index in [0.29, 0.717) is 0 Å². The van der Waals surface area contributed by atoms with Gasteiger partial charge < -0.3 is 0 Å². The molecule has 2 aromatic carbocycles. The van der Waals surface area contributed by atoms with Crippen molar-refractivity contribution in [2.45, 2.75) is 34.1 Å². The van der Waals surface area contributed by atoms with Crippen molar-refractivity contribution in [3.05, 3.63) is 69.3 Å². The van der Waals surface area contributed by atoms with Gasteiger partial charge in [-0.1, -0.05) is 36.4 Å². The Morgan fingerprint density at radius 1 is 0.905 bits per heavy atom. The second kappa shape index (κ2) is 4.21. The third-order valence-electron chi connectivity index (χ3n) is 5.05. The molecule has 0 spiro atoms. The lowest BCUT2D eigenvalue weighted by molar-refractivity contribution is 1.19. The van der Waals surface area contributed by atoms with Crippen molar-refractivity contribution < 1.29 is 0 Å². The largest absolute Gasteiger partial charge is 0.0578 e. The van der Waals surface area contributed by atoms with Gasteiger partial charge in [0.15, 0.2) is 0 Å². The molecule has 2 bridgehead atoms. The third-order valence-corrected chi connectivity index (χ3v) is 5.05. The van der Waals surface area contributed by atoms with Crippen LogP contribution in [-0.4, -0.2) is 0 Å². The average molecular weight is 272 g/mol. The molecule has 21 heavy (non-hydrogen) atoms. The van der Waals surface area contributed by atoms with Crippen LogP contribution >= 0.6 is 0 Å². The SMILES string of the molecule is CC1=CC(C)=C2C=Cc3c(C)cc(C)c4ccc1c(c34)C2. The highest BCUT2D eigenvalue weighted by Gasteiger charge is 2.20. The minimum absolute atomic E-state index is 1.05. The minimum atomic E-state index is 1.05. The standard InChI is InChI=1S/C21H20/c1-12-9-13(2)17-7-8-19-15(4)10-14(3)18-6-5-16(12)11-20(17)21(18)19/h5-10H,11H2,1-4H3. The van der Waals surface area contributed by atoms with Crippen LogP contribution < -0.4 is 0 Å². The van der Waals surface area contributed by atoms with Crippen LogP contribution in [0.4, 0.5) is 0 Å². The number of fused-ring (bicyclic) bond motifs is 1. The van der Waals surface area contributed by atoms with Gasteiger partial charge in [0.25, 0.3) is 0 Å². The van der Waals surface area contributed by atoms with Crippen LogP contribution in [0.25, 0.3) is 22.4 Å². The zero-order valence-electron chi connectivity index (χ0n) is 13.2. The summed E-state index contributed by atoms with van der Waals surface area (Å²) in [6.07, 6.45) is 8.04. The van der Waals surface area contributed by atoms with Gasteiger partial charge in [-0.2, -0.15) is 0 Å². The number of hydrogen-bond donors (Lipinski definition) is 0. The van der Waals surface area contributed by atoms with Crippen LogP contribution in [0.15, 0.2) is 41.5 Å². The average Bonchev–Trinajstić information content (AvgIpc) is 2.70. The molecule has 2 aliphatic rings. The van der Waals surface area contributed by atoms with Crippen LogP contribution in [0.3, 0.4) is 0 Å². The molecule has 0 saturated heterocycles. The van der Waals surface area contributed by atoms with Crippen LogP contribution in [0, 0.1) is 13.8 Å². The summed E-state index contributed by atoms with van der Waals surface area (Å²) in [7, 11) is 0. The number of hydrogen-bond acceptors (Lipinski definition) is 0. The zero-order valence-corrected chi connectivity index (χ0v) is 13.2. The highest BCUT2D eigenvalue weighted by molar-refractivity contribution is 6.01. The van der Waals surface area contributed by atoms with Gasteiger partial charge in [0, 0.05) is 0 Å². The van der Waals surface area contributed by atoms with E-state index in [0.717, 1.165) is 6.42 Å². The molecule has 0 heteroatoms. The van der Waals surface area contributed by atoms with Gasteiger partial charge in [-0.05, 0) is 89.4 Å². The lowest BCUT2D eigenvalue weighted by atomic mass is 9.88. The van der Waals surface area contributed by atoms with Crippen LogP contribution in [0.5, 0.6) is 0 Å². The maximum atomic E-state index is 2.34. The number of aryl methyl sites for hydroxylation is 2. The molecule has 0 aromatic heterocycles. The summed E-state index contributed by atoms with van der Waals surface area (Å²) in [5.41, 5.74) is 11.4.